The van der Waals surface area contributed by atoms with Crippen LogP contribution in [0.4, 0.5) is 0 Å². The van der Waals surface area contributed by atoms with E-state index in [0.717, 1.165) is 38.3 Å². The summed E-state index contributed by atoms with van der Waals surface area (Å²) in [6.07, 6.45) is 6.05. The molecule has 1 saturated heterocycles. The van der Waals surface area contributed by atoms with Crippen LogP contribution in [0.3, 0.4) is 0 Å². The van der Waals surface area contributed by atoms with E-state index in [-0.39, 0.29) is 0 Å². The molecule has 1 atom stereocenters. The molecule has 2 aromatic rings. The van der Waals surface area contributed by atoms with E-state index in [1.54, 1.807) is 7.11 Å². The zero-order valence-electron chi connectivity index (χ0n) is 14.5. The molecule has 0 bridgehead atoms. The zero-order chi connectivity index (χ0) is 16.5. The Morgan fingerprint density at radius 3 is 3.00 bits per heavy atom. The van der Waals surface area contributed by atoms with Crippen LogP contribution in [-0.2, 0) is 30.7 Å². The lowest BCUT2D eigenvalue weighted by atomic mass is 10.0. The molecule has 130 valence electrons. The normalized spacial score (nSPS) is 21.3. The van der Waals surface area contributed by atoms with Crippen LogP contribution in [0.1, 0.15) is 54.2 Å². The number of hydrogen-bond donors (Lipinski definition) is 0. The standard InChI is InChI=1S/C17H25N5O2/c1-12-18-14-5-3-4-6-15(14)22(12)13-7-8-21(9-13)10-16-19-17(11-23-2)24-20-16/h13H,3-11H2,1-2H3/t13-/m1/s1. The van der Waals surface area contributed by atoms with E-state index in [4.69, 9.17) is 14.2 Å². The van der Waals surface area contributed by atoms with Crippen LogP contribution in [0.2, 0.25) is 0 Å². The number of aromatic nitrogens is 4. The van der Waals surface area contributed by atoms with Crippen molar-refractivity contribution >= 4 is 0 Å². The highest BCUT2D eigenvalue weighted by Gasteiger charge is 2.29. The van der Waals surface area contributed by atoms with Gasteiger partial charge in [-0.2, -0.15) is 4.98 Å². The van der Waals surface area contributed by atoms with Gasteiger partial charge in [0.05, 0.1) is 12.2 Å². The lowest BCUT2D eigenvalue weighted by Gasteiger charge is -2.20. The number of aryl methyl sites for hydroxylation is 2. The van der Waals surface area contributed by atoms with Gasteiger partial charge in [0.1, 0.15) is 12.4 Å². The van der Waals surface area contributed by atoms with Gasteiger partial charge in [-0.3, -0.25) is 4.90 Å². The van der Waals surface area contributed by atoms with Crippen LogP contribution < -0.4 is 0 Å². The minimum Gasteiger partial charge on any atom is -0.375 e. The fourth-order valence-electron chi connectivity index (χ4n) is 4.09. The maximum Gasteiger partial charge on any atom is 0.252 e. The average Bonchev–Trinajstić information content (AvgIpc) is 3.26. The molecule has 24 heavy (non-hydrogen) atoms. The van der Waals surface area contributed by atoms with Crippen LogP contribution in [0, 0.1) is 6.92 Å². The third kappa shape index (κ3) is 2.98. The monoisotopic (exact) mass is 331 g/mol. The highest BCUT2D eigenvalue weighted by Crippen LogP contribution is 2.30. The lowest BCUT2D eigenvalue weighted by molar-refractivity contribution is 0.151. The Balaban J connectivity index is 1.44. The number of imidazole rings is 1. The van der Waals surface area contributed by atoms with Gasteiger partial charge in [0.25, 0.3) is 5.89 Å². The lowest BCUT2D eigenvalue weighted by Crippen LogP contribution is -2.23. The predicted molar refractivity (Wildman–Crippen MR) is 87.5 cm³/mol. The molecule has 2 aromatic heterocycles. The first-order valence-corrected chi connectivity index (χ1v) is 8.84. The van der Waals surface area contributed by atoms with Crippen LogP contribution in [0.15, 0.2) is 4.52 Å². The third-order valence-electron chi connectivity index (χ3n) is 5.10. The van der Waals surface area contributed by atoms with Crippen LogP contribution in [0.25, 0.3) is 0 Å². The topological polar surface area (TPSA) is 69.2 Å². The summed E-state index contributed by atoms with van der Waals surface area (Å²) >= 11 is 0. The SMILES string of the molecule is COCc1nc(CN2CC[C@@H](n3c(C)nc4c3CCCC4)C2)no1. The van der Waals surface area contributed by atoms with E-state index in [1.807, 2.05) is 0 Å². The molecular weight excluding hydrogens is 306 g/mol. The van der Waals surface area contributed by atoms with Gasteiger partial charge < -0.3 is 13.8 Å². The molecular formula is C17H25N5O2. The second-order valence-electron chi connectivity index (χ2n) is 6.84. The summed E-state index contributed by atoms with van der Waals surface area (Å²) in [5, 5.41) is 4.05. The number of hydrogen-bond acceptors (Lipinski definition) is 6. The highest BCUT2D eigenvalue weighted by molar-refractivity contribution is 5.21. The van der Waals surface area contributed by atoms with Crippen LogP contribution >= 0.6 is 0 Å². The minimum absolute atomic E-state index is 0.371. The molecule has 0 spiro atoms. The minimum atomic E-state index is 0.371. The Morgan fingerprint density at radius 2 is 2.12 bits per heavy atom. The fourth-order valence-corrected chi connectivity index (χ4v) is 4.09. The van der Waals surface area contributed by atoms with Crippen molar-refractivity contribution in [2.24, 2.45) is 0 Å². The molecule has 0 aromatic carbocycles. The van der Waals surface area contributed by atoms with Crippen LogP contribution in [0.5, 0.6) is 0 Å². The van der Waals surface area contributed by atoms with Crippen molar-refractivity contribution in [2.45, 2.75) is 58.2 Å². The summed E-state index contributed by atoms with van der Waals surface area (Å²) in [6, 6.07) is 0.518. The fraction of sp³-hybridized carbons (Fsp3) is 0.706. The Kier molecular flexibility index (Phi) is 4.37. The molecule has 0 saturated carbocycles. The summed E-state index contributed by atoms with van der Waals surface area (Å²) in [5.41, 5.74) is 2.81. The summed E-state index contributed by atoms with van der Waals surface area (Å²) in [5.74, 6) is 2.46. The van der Waals surface area contributed by atoms with Gasteiger partial charge in [-0.25, -0.2) is 4.98 Å². The first-order valence-electron chi connectivity index (χ1n) is 8.84. The smallest absolute Gasteiger partial charge is 0.252 e. The van der Waals surface area contributed by atoms with Gasteiger partial charge >= 0.3 is 0 Å². The molecule has 1 fully saturated rings. The van der Waals surface area contributed by atoms with Crippen molar-refractivity contribution in [3.8, 4) is 0 Å². The quantitative estimate of drug-likeness (QED) is 0.835. The molecule has 0 amide bonds. The molecule has 4 rings (SSSR count). The van der Waals surface area contributed by atoms with Gasteiger partial charge in [0.15, 0.2) is 5.82 Å². The first-order chi connectivity index (χ1) is 11.7. The summed E-state index contributed by atoms with van der Waals surface area (Å²) in [4.78, 5) is 11.6. The van der Waals surface area contributed by atoms with E-state index in [0.29, 0.717) is 18.5 Å². The molecule has 1 aliphatic heterocycles. The molecule has 0 N–H and O–H groups in total. The summed E-state index contributed by atoms with van der Waals surface area (Å²) in [6.45, 7) is 5.34. The Hall–Kier alpha value is -1.73. The van der Waals surface area contributed by atoms with E-state index >= 15 is 0 Å². The number of ether oxygens (including phenoxy) is 1. The molecule has 0 radical (unpaired) electrons. The summed E-state index contributed by atoms with van der Waals surface area (Å²) < 4.78 is 12.7. The van der Waals surface area contributed by atoms with E-state index < -0.39 is 0 Å². The highest BCUT2D eigenvalue weighted by atomic mass is 16.5. The van der Waals surface area contributed by atoms with Gasteiger partial charge in [0, 0.05) is 31.9 Å². The van der Waals surface area contributed by atoms with Crippen molar-refractivity contribution in [3.63, 3.8) is 0 Å². The molecule has 3 heterocycles. The van der Waals surface area contributed by atoms with Gasteiger partial charge in [-0.05, 0) is 39.0 Å². The largest absolute Gasteiger partial charge is 0.375 e. The van der Waals surface area contributed by atoms with Crippen molar-refractivity contribution < 1.29 is 9.26 Å². The van der Waals surface area contributed by atoms with Crippen molar-refractivity contribution in [2.75, 3.05) is 20.2 Å². The van der Waals surface area contributed by atoms with E-state index in [2.05, 4.69) is 26.5 Å². The first kappa shape index (κ1) is 15.8. The molecule has 0 unspecified atom stereocenters. The Morgan fingerprint density at radius 1 is 1.25 bits per heavy atom. The second kappa shape index (κ2) is 6.64. The van der Waals surface area contributed by atoms with E-state index in [9.17, 15) is 0 Å². The van der Waals surface area contributed by atoms with Crippen molar-refractivity contribution in [1.29, 1.82) is 0 Å². The zero-order valence-corrected chi connectivity index (χ0v) is 14.5. The van der Waals surface area contributed by atoms with Gasteiger partial charge in [-0.1, -0.05) is 5.16 Å². The van der Waals surface area contributed by atoms with Gasteiger partial charge in [-0.15, -0.1) is 0 Å². The molecule has 7 heteroatoms. The predicted octanol–water partition coefficient (Wildman–Crippen LogP) is 2.05. The Labute approximate surface area is 142 Å². The molecule has 1 aliphatic carbocycles. The number of methoxy groups -OCH3 is 1. The van der Waals surface area contributed by atoms with Crippen LogP contribution in [-0.4, -0.2) is 44.8 Å². The average molecular weight is 331 g/mol. The number of fused-ring (bicyclic) bond motifs is 1. The summed E-state index contributed by atoms with van der Waals surface area (Å²) in [7, 11) is 1.63. The van der Waals surface area contributed by atoms with E-state index in [1.165, 1.54) is 36.5 Å². The maximum atomic E-state index is 5.18. The number of likely N-dealkylation sites (tertiary alicyclic amines) is 1. The van der Waals surface area contributed by atoms with Crippen molar-refractivity contribution in [3.05, 3.63) is 28.9 Å². The Bertz CT molecular complexity index is 708. The van der Waals surface area contributed by atoms with Crippen molar-refractivity contribution in [1.82, 2.24) is 24.6 Å². The maximum absolute atomic E-state index is 5.18. The molecule has 7 nitrogen and oxygen atoms in total. The molecule has 2 aliphatic rings. The third-order valence-corrected chi connectivity index (χ3v) is 5.10. The number of rotatable bonds is 5. The second-order valence-corrected chi connectivity index (χ2v) is 6.84. The number of nitrogens with zero attached hydrogens (tertiary/aromatic N) is 5. The van der Waals surface area contributed by atoms with Gasteiger partial charge in [0.2, 0.25) is 0 Å².